The third kappa shape index (κ3) is 5.70. The normalized spacial score (nSPS) is 10.5. The molecule has 1 aromatic heterocycles. The molecule has 35 heavy (non-hydrogen) atoms. The van der Waals surface area contributed by atoms with Gasteiger partial charge in [0.2, 0.25) is 0 Å². The van der Waals surface area contributed by atoms with E-state index >= 15 is 0 Å². The van der Waals surface area contributed by atoms with Crippen LogP contribution in [0.2, 0.25) is 0 Å². The molecule has 0 saturated heterocycles. The van der Waals surface area contributed by atoms with Crippen LogP contribution in [0.15, 0.2) is 95.8 Å². The van der Waals surface area contributed by atoms with Crippen LogP contribution in [0.5, 0.6) is 5.75 Å². The summed E-state index contributed by atoms with van der Waals surface area (Å²) in [6, 6.07) is 26.1. The Balaban J connectivity index is 1.44. The van der Waals surface area contributed by atoms with Crippen LogP contribution in [-0.4, -0.2) is 34.6 Å². The van der Waals surface area contributed by atoms with Crippen LogP contribution in [0.1, 0.15) is 33.2 Å². The van der Waals surface area contributed by atoms with Crippen LogP contribution in [0.25, 0.3) is 11.3 Å². The molecular weight excluding hydrogens is 442 g/mol. The molecule has 4 rings (SSSR count). The summed E-state index contributed by atoms with van der Waals surface area (Å²) in [4.78, 5) is 38.1. The molecule has 0 spiro atoms. The highest BCUT2D eigenvalue weighted by molar-refractivity contribution is 6.15. The lowest BCUT2D eigenvalue weighted by Crippen LogP contribution is -2.32. The largest absolute Gasteiger partial charge is 0.494 e. The maximum absolute atomic E-state index is 12.9. The Bertz CT molecular complexity index is 1380. The highest BCUT2D eigenvalue weighted by Gasteiger charge is 2.17. The van der Waals surface area contributed by atoms with Crippen molar-refractivity contribution in [2.75, 3.05) is 13.2 Å². The van der Waals surface area contributed by atoms with Crippen molar-refractivity contribution in [3.05, 3.63) is 118 Å². The number of ether oxygens (including phenoxy) is 1. The van der Waals surface area contributed by atoms with E-state index in [0.717, 1.165) is 11.3 Å². The maximum atomic E-state index is 12.9. The van der Waals surface area contributed by atoms with E-state index in [9.17, 15) is 14.4 Å². The van der Waals surface area contributed by atoms with Crippen molar-refractivity contribution in [3.8, 4) is 17.0 Å². The van der Waals surface area contributed by atoms with Gasteiger partial charge in [-0.3, -0.25) is 14.4 Å². The molecule has 176 valence electrons. The summed E-state index contributed by atoms with van der Waals surface area (Å²) in [6.07, 6.45) is 0. The molecule has 0 atom stereocenters. The first kappa shape index (κ1) is 23.6. The summed E-state index contributed by atoms with van der Waals surface area (Å²) >= 11 is 0. The highest BCUT2D eigenvalue weighted by Crippen LogP contribution is 2.20. The zero-order chi connectivity index (χ0) is 24.6. The Hall–Kier alpha value is -4.52. The van der Waals surface area contributed by atoms with Gasteiger partial charge in [-0.25, -0.2) is 4.68 Å². The predicted octanol–water partition coefficient (Wildman–Crippen LogP) is 3.97. The van der Waals surface area contributed by atoms with Gasteiger partial charge in [0.05, 0.1) is 24.4 Å². The van der Waals surface area contributed by atoms with Crippen molar-refractivity contribution < 1.29 is 14.3 Å². The number of rotatable bonds is 9. The van der Waals surface area contributed by atoms with Crippen molar-refractivity contribution in [1.82, 2.24) is 15.1 Å². The average Bonchev–Trinajstić information content (AvgIpc) is 2.90. The SMILES string of the molecule is CCOc1ccc(-c2ccc(=O)n(CCNC(=O)c3ccccc3C(=O)c3ccccc3)n2)cc1. The lowest BCUT2D eigenvalue weighted by molar-refractivity contribution is 0.0940. The third-order valence-corrected chi connectivity index (χ3v) is 5.39. The minimum absolute atomic E-state index is 0.173. The lowest BCUT2D eigenvalue weighted by Gasteiger charge is -2.11. The standard InChI is InChI=1S/C28H25N3O4/c1-2-35-22-14-12-20(13-15-22)25-16-17-26(32)31(30-25)19-18-29-28(34)24-11-7-6-10-23(24)27(33)21-8-4-3-5-9-21/h3-17H,2,18-19H2,1H3,(H,29,34). The Morgan fingerprint density at radius 1 is 0.857 bits per heavy atom. The summed E-state index contributed by atoms with van der Waals surface area (Å²) in [6.45, 7) is 2.86. The zero-order valence-corrected chi connectivity index (χ0v) is 19.3. The van der Waals surface area contributed by atoms with Gasteiger partial charge in [0.25, 0.3) is 11.5 Å². The molecule has 0 radical (unpaired) electrons. The molecule has 0 unspecified atom stereocenters. The maximum Gasteiger partial charge on any atom is 0.266 e. The third-order valence-electron chi connectivity index (χ3n) is 5.39. The van der Waals surface area contributed by atoms with Crippen LogP contribution in [0.4, 0.5) is 0 Å². The molecular formula is C28H25N3O4. The van der Waals surface area contributed by atoms with Crippen molar-refractivity contribution >= 4 is 11.7 Å². The van der Waals surface area contributed by atoms with E-state index < -0.39 is 0 Å². The molecule has 0 bridgehead atoms. The number of carbonyl (C=O) groups excluding carboxylic acids is 2. The number of nitrogens with zero attached hydrogens (tertiary/aromatic N) is 2. The fourth-order valence-corrected chi connectivity index (χ4v) is 3.65. The Morgan fingerprint density at radius 3 is 2.26 bits per heavy atom. The number of ketones is 1. The fourth-order valence-electron chi connectivity index (χ4n) is 3.65. The van der Waals surface area contributed by atoms with Gasteiger partial charge in [-0.15, -0.1) is 0 Å². The van der Waals surface area contributed by atoms with Crippen LogP contribution < -0.4 is 15.6 Å². The molecule has 0 fully saturated rings. The Morgan fingerprint density at radius 2 is 1.54 bits per heavy atom. The smallest absolute Gasteiger partial charge is 0.266 e. The monoisotopic (exact) mass is 467 g/mol. The molecule has 0 aliphatic rings. The first-order chi connectivity index (χ1) is 17.1. The number of benzene rings is 3. The Labute approximate surface area is 203 Å². The number of nitrogens with one attached hydrogen (secondary N) is 1. The summed E-state index contributed by atoms with van der Waals surface area (Å²) < 4.78 is 6.78. The molecule has 7 nitrogen and oxygen atoms in total. The van der Waals surface area contributed by atoms with Crippen molar-refractivity contribution in [1.29, 1.82) is 0 Å². The van der Waals surface area contributed by atoms with Crippen molar-refractivity contribution in [3.63, 3.8) is 0 Å². The number of aromatic nitrogens is 2. The number of carbonyl (C=O) groups is 2. The van der Waals surface area contributed by atoms with E-state index in [2.05, 4.69) is 10.4 Å². The van der Waals surface area contributed by atoms with Crippen LogP contribution in [0, 0.1) is 0 Å². The molecule has 1 N–H and O–H groups in total. The molecule has 0 aliphatic heterocycles. The molecule has 0 aliphatic carbocycles. The molecule has 4 aromatic rings. The van der Waals surface area contributed by atoms with Gasteiger partial charge in [0, 0.05) is 29.3 Å². The van der Waals surface area contributed by atoms with Gasteiger partial charge in [-0.1, -0.05) is 48.5 Å². The predicted molar refractivity (Wildman–Crippen MR) is 134 cm³/mol. The Kier molecular flexibility index (Phi) is 7.47. The van der Waals surface area contributed by atoms with Crippen LogP contribution in [0.3, 0.4) is 0 Å². The zero-order valence-electron chi connectivity index (χ0n) is 19.3. The summed E-state index contributed by atoms with van der Waals surface area (Å²) in [5.74, 6) is 0.149. The topological polar surface area (TPSA) is 90.3 Å². The lowest BCUT2D eigenvalue weighted by atomic mass is 9.98. The summed E-state index contributed by atoms with van der Waals surface area (Å²) in [5, 5.41) is 7.23. The summed E-state index contributed by atoms with van der Waals surface area (Å²) in [5.41, 5.74) is 2.33. The fraction of sp³-hybridized carbons (Fsp3) is 0.143. The first-order valence-corrected chi connectivity index (χ1v) is 11.3. The second-order valence-electron chi connectivity index (χ2n) is 7.73. The van der Waals surface area contributed by atoms with Gasteiger partial charge in [-0.2, -0.15) is 5.10 Å². The van der Waals surface area contributed by atoms with Crippen molar-refractivity contribution in [2.45, 2.75) is 13.5 Å². The minimum atomic E-state index is -0.388. The van der Waals surface area contributed by atoms with Crippen molar-refractivity contribution in [2.24, 2.45) is 0 Å². The van der Waals surface area contributed by atoms with E-state index in [0.29, 0.717) is 23.4 Å². The van der Waals surface area contributed by atoms with Gasteiger partial charge >= 0.3 is 0 Å². The minimum Gasteiger partial charge on any atom is -0.494 e. The number of amides is 1. The average molecular weight is 468 g/mol. The van der Waals surface area contributed by atoms with Crippen LogP contribution >= 0.6 is 0 Å². The van der Waals surface area contributed by atoms with E-state index in [1.165, 1.54) is 10.7 Å². The van der Waals surface area contributed by atoms with Gasteiger partial charge < -0.3 is 10.1 Å². The quantitative estimate of drug-likeness (QED) is 0.376. The second-order valence-corrected chi connectivity index (χ2v) is 7.73. The number of hydrogen-bond acceptors (Lipinski definition) is 5. The molecule has 0 saturated carbocycles. The van der Waals surface area contributed by atoms with E-state index in [1.807, 2.05) is 37.3 Å². The summed E-state index contributed by atoms with van der Waals surface area (Å²) in [7, 11) is 0. The molecule has 3 aromatic carbocycles. The highest BCUT2D eigenvalue weighted by atomic mass is 16.5. The molecule has 1 heterocycles. The van der Waals surface area contributed by atoms with Crippen LogP contribution in [-0.2, 0) is 6.54 Å². The van der Waals surface area contributed by atoms with E-state index in [4.69, 9.17) is 4.74 Å². The van der Waals surface area contributed by atoms with E-state index in [-0.39, 0.29) is 35.9 Å². The van der Waals surface area contributed by atoms with Gasteiger partial charge in [-0.05, 0) is 43.3 Å². The second kappa shape index (κ2) is 11.1. The van der Waals surface area contributed by atoms with Gasteiger partial charge in [0.15, 0.2) is 5.78 Å². The van der Waals surface area contributed by atoms with Gasteiger partial charge in [0.1, 0.15) is 5.75 Å². The molecule has 1 amide bonds. The molecule has 7 heteroatoms. The number of hydrogen-bond donors (Lipinski definition) is 1. The van der Waals surface area contributed by atoms with E-state index in [1.54, 1.807) is 54.6 Å². The first-order valence-electron chi connectivity index (χ1n) is 11.3.